The molecule has 0 aliphatic carbocycles. The molecule has 1 aromatic rings. The van der Waals surface area contributed by atoms with Gasteiger partial charge in [0.15, 0.2) is 18.5 Å². The Hall–Kier alpha value is -2.04. The average Bonchev–Trinajstić information content (AvgIpc) is 3.07. The Morgan fingerprint density at radius 2 is 2.42 bits per heavy atom. The second kappa shape index (κ2) is 4.91. The fraction of sp³-hybridized carbons (Fsp3) is 0.429. The molecule has 0 amide bonds. The highest BCUT2D eigenvalue weighted by Crippen LogP contribution is 2.33. The minimum absolute atomic E-state index is 0.343. The average molecular weight is 261 g/mol. The van der Waals surface area contributed by atoms with Crippen LogP contribution in [0, 0.1) is 0 Å². The number of aliphatic imine (C=N–C) groups is 1. The molecule has 2 unspecified atom stereocenters. The van der Waals surface area contributed by atoms with Crippen molar-refractivity contribution in [3.05, 3.63) is 29.3 Å². The van der Waals surface area contributed by atoms with Gasteiger partial charge < -0.3 is 14.2 Å². The van der Waals surface area contributed by atoms with Gasteiger partial charge in [-0.05, 0) is 30.2 Å². The molecule has 0 saturated carbocycles. The zero-order valence-corrected chi connectivity index (χ0v) is 10.7. The van der Waals surface area contributed by atoms with Gasteiger partial charge in [0.1, 0.15) is 5.75 Å². The fourth-order valence-electron chi connectivity index (χ4n) is 2.38. The Bertz CT molecular complexity index is 526. The number of rotatable bonds is 3. The summed E-state index contributed by atoms with van der Waals surface area (Å²) in [6, 6.07) is 5.24. The molecule has 0 radical (unpaired) electrons. The van der Waals surface area contributed by atoms with Gasteiger partial charge >= 0.3 is 5.97 Å². The van der Waals surface area contributed by atoms with Gasteiger partial charge in [0.25, 0.3) is 0 Å². The van der Waals surface area contributed by atoms with Crippen LogP contribution in [0.25, 0.3) is 0 Å². The zero-order chi connectivity index (χ0) is 13.2. The van der Waals surface area contributed by atoms with Gasteiger partial charge in [0.2, 0.25) is 0 Å². The van der Waals surface area contributed by atoms with Crippen LogP contribution < -0.4 is 4.74 Å². The summed E-state index contributed by atoms with van der Waals surface area (Å²) in [4.78, 5) is 15.9. The van der Waals surface area contributed by atoms with Gasteiger partial charge in [-0.1, -0.05) is 6.07 Å². The molecule has 0 aromatic heterocycles. The number of esters is 1. The van der Waals surface area contributed by atoms with Crippen LogP contribution in [0.4, 0.5) is 0 Å². The number of hydrogen-bond acceptors (Lipinski definition) is 5. The monoisotopic (exact) mass is 261 g/mol. The first-order valence-corrected chi connectivity index (χ1v) is 6.39. The van der Waals surface area contributed by atoms with E-state index >= 15 is 0 Å². The first-order valence-electron chi connectivity index (χ1n) is 6.39. The first kappa shape index (κ1) is 12.0. The van der Waals surface area contributed by atoms with Crippen molar-refractivity contribution in [3.8, 4) is 5.75 Å². The van der Waals surface area contributed by atoms with E-state index in [1.165, 1.54) is 6.40 Å². The van der Waals surface area contributed by atoms with Crippen molar-refractivity contribution in [2.24, 2.45) is 4.99 Å². The van der Waals surface area contributed by atoms with Crippen molar-refractivity contribution >= 4 is 12.4 Å². The van der Waals surface area contributed by atoms with E-state index in [0.717, 1.165) is 23.3 Å². The maximum atomic E-state index is 11.8. The highest BCUT2D eigenvalue weighted by Gasteiger charge is 2.35. The molecular formula is C14H15NO4. The van der Waals surface area contributed by atoms with Gasteiger partial charge in [0.05, 0.1) is 13.2 Å². The molecule has 2 aliphatic rings. The molecule has 5 nitrogen and oxygen atoms in total. The van der Waals surface area contributed by atoms with Gasteiger partial charge in [-0.15, -0.1) is 0 Å². The van der Waals surface area contributed by atoms with Crippen LogP contribution in [0.5, 0.6) is 5.75 Å². The predicted molar refractivity (Wildman–Crippen MR) is 68.4 cm³/mol. The lowest BCUT2D eigenvalue weighted by atomic mass is 10.00. The van der Waals surface area contributed by atoms with Crippen LogP contribution in [0.1, 0.15) is 24.2 Å². The summed E-state index contributed by atoms with van der Waals surface area (Å²) >= 11 is 0. The Morgan fingerprint density at radius 1 is 1.53 bits per heavy atom. The van der Waals surface area contributed by atoms with E-state index in [9.17, 15) is 4.79 Å². The van der Waals surface area contributed by atoms with Gasteiger partial charge in [-0.2, -0.15) is 0 Å². The van der Waals surface area contributed by atoms with Crippen molar-refractivity contribution in [3.63, 3.8) is 0 Å². The molecule has 3 rings (SSSR count). The summed E-state index contributed by atoms with van der Waals surface area (Å²) in [5, 5.41) is 0. The quantitative estimate of drug-likeness (QED) is 0.776. The molecule has 0 fully saturated rings. The second-order valence-corrected chi connectivity index (χ2v) is 4.47. The minimum atomic E-state index is -0.611. The van der Waals surface area contributed by atoms with Crippen molar-refractivity contribution in [1.82, 2.24) is 0 Å². The fourth-order valence-corrected chi connectivity index (χ4v) is 2.38. The third-order valence-electron chi connectivity index (χ3n) is 3.29. The number of ether oxygens (including phenoxy) is 3. The maximum absolute atomic E-state index is 11.8. The molecule has 0 N–H and O–H groups in total. The van der Waals surface area contributed by atoms with Crippen LogP contribution in [-0.2, 0) is 20.7 Å². The molecule has 2 aliphatic heterocycles. The Kier molecular flexibility index (Phi) is 3.11. The first-order chi connectivity index (χ1) is 9.29. The predicted octanol–water partition coefficient (Wildman–Crippen LogP) is 1.65. The summed E-state index contributed by atoms with van der Waals surface area (Å²) < 4.78 is 15.9. The third-order valence-corrected chi connectivity index (χ3v) is 3.29. The molecule has 0 bridgehead atoms. The Balaban J connectivity index is 1.83. The maximum Gasteiger partial charge on any atom is 0.335 e. The summed E-state index contributed by atoms with van der Waals surface area (Å²) in [6.07, 6.45) is 1.82. The van der Waals surface area contributed by atoms with Crippen LogP contribution in [-0.4, -0.2) is 31.6 Å². The number of nitrogens with zero attached hydrogens (tertiary/aromatic N) is 1. The van der Waals surface area contributed by atoms with Gasteiger partial charge in [0, 0.05) is 6.42 Å². The van der Waals surface area contributed by atoms with Crippen LogP contribution in [0.3, 0.4) is 0 Å². The molecular weight excluding hydrogens is 246 g/mol. The molecule has 19 heavy (non-hydrogen) atoms. The number of hydrogen-bond donors (Lipinski definition) is 0. The summed E-state index contributed by atoms with van der Waals surface area (Å²) in [6.45, 7) is 2.83. The summed E-state index contributed by atoms with van der Waals surface area (Å²) in [5.41, 5.74) is 2.08. The zero-order valence-electron chi connectivity index (χ0n) is 10.7. The third kappa shape index (κ3) is 2.16. The standard InChI is InChI=1S/C14H15NO4/c1-2-17-14(16)12-13(19-8-15-12)10-3-4-11-9(7-10)5-6-18-11/h3-4,7-8,12-13H,2,5-6H2,1H3. The Labute approximate surface area is 111 Å². The minimum Gasteiger partial charge on any atom is -0.493 e. The van der Waals surface area contributed by atoms with Gasteiger partial charge in [-0.3, -0.25) is 0 Å². The topological polar surface area (TPSA) is 57.1 Å². The van der Waals surface area contributed by atoms with Crippen molar-refractivity contribution in [2.75, 3.05) is 13.2 Å². The SMILES string of the molecule is CCOC(=O)C1N=COC1c1ccc2c(c1)CCO2. The van der Waals surface area contributed by atoms with E-state index in [4.69, 9.17) is 14.2 Å². The van der Waals surface area contributed by atoms with Crippen molar-refractivity contribution in [1.29, 1.82) is 0 Å². The molecule has 2 atom stereocenters. The lowest BCUT2D eigenvalue weighted by Gasteiger charge is -2.17. The van der Waals surface area contributed by atoms with E-state index in [2.05, 4.69) is 4.99 Å². The van der Waals surface area contributed by atoms with E-state index in [-0.39, 0.29) is 5.97 Å². The lowest BCUT2D eigenvalue weighted by Crippen LogP contribution is -2.26. The molecule has 0 spiro atoms. The second-order valence-electron chi connectivity index (χ2n) is 4.47. The highest BCUT2D eigenvalue weighted by molar-refractivity contribution is 5.80. The van der Waals surface area contributed by atoms with Gasteiger partial charge in [-0.25, -0.2) is 9.79 Å². The number of carbonyl (C=O) groups excluding carboxylic acids is 1. The van der Waals surface area contributed by atoms with Crippen LogP contribution in [0.2, 0.25) is 0 Å². The molecule has 1 aromatic carbocycles. The molecule has 5 heteroatoms. The number of benzene rings is 1. The number of carbonyl (C=O) groups is 1. The molecule has 100 valence electrons. The molecule has 2 heterocycles. The smallest absolute Gasteiger partial charge is 0.335 e. The summed E-state index contributed by atoms with van der Waals surface area (Å²) in [7, 11) is 0. The van der Waals surface area contributed by atoms with Crippen molar-refractivity contribution in [2.45, 2.75) is 25.5 Å². The van der Waals surface area contributed by atoms with Crippen LogP contribution in [0.15, 0.2) is 23.2 Å². The van der Waals surface area contributed by atoms with E-state index in [0.29, 0.717) is 13.2 Å². The highest BCUT2D eigenvalue weighted by atomic mass is 16.5. The van der Waals surface area contributed by atoms with Crippen molar-refractivity contribution < 1.29 is 19.0 Å². The summed E-state index contributed by atoms with van der Waals surface area (Å²) in [5.74, 6) is 0.563. The Morgan fingerprint density at radius 3 is 3.26 bits per heavy atom. The molecule has 0 saturated heterocycles. The normalized spacial score (nSPS) is 23.6. The van der Waals surface area contributed by atoms with E-state index in [1.54, 1.807) is 6.92 Å². The largest absolute Gasteiger partial charge is 0.493 e. The van der Waals surface area contributed by atoms with E-state index < -0.39 is 12.1 Å². The number of fused-ring (bicyclic) bond motifs is 1. The lowest BCUT2D eigenvalue weighted by molar-refractivity contribution is -0.146. The van der Waals surface area contributed by atoms with E-state index in [1.807, 2.05) is 18.2 Å². The van der Waals surface area contributed by atoms with Crippen LogP contribution >= 0.6 is 0 Å².